The summed E-state index contributed by atoms with van der Waals surface area (Å²) in [5.74, 6) is 1.09. The van der Waals surface area contributed by atoms with E-state index >= 15 is 0 Å². The largest absolute Gasteiger partial charge is 0.473 e. The van der Waals surface area contributed by atoms with Crippen LogP contribution in [0.5, 0.6) is 5.88 Å². The van der Waals surface area contributed by atoms with E-state index in [2.05, 4.69) is 15.6 Å². The number of aromatic nitrogens is 3. The Bertz CT molecular complexity index is 1290. The fourth-order valence-electron chi connectivity index (χ4n) is 3.60. The normalized spacial score (nSPS) is 14.5. The lowest BCUT2D eigenvalue weighted by Gasteiger charge is -2.13. The molecule has 1 fully saturated rings. The van der Waals surface area contributed by atoms with Gasteiger partial charge in [-0.15, -0.1) is 0 Å². The number of ether oxygens (including phenoxy) is 1. The van der Waals surface area contributed by atoms with Crippen LogP contribution in [0.1, 0.15) is 30.2 Å². The number of carbonyl (C=O) groups is 1. The third-order valence-corrected chi connectivity index (χ3v) is 5.49. The van der Waals surface area contributed by atoms with Gasteiger partial charge in [-0.1, -0.05) is 18.2 Å². The second kappa shape index (κ2) is 8.08. The number of pyridine rings is 1. The molecule has 0 radical (unpaired) electrons. The molecule has 4 aromatic rings. The number of nitrogens with two attached hydrogens (primary N) is 1. The zero-order chi connectivity index (χ0) is 22.2. The molecule has 0 aliphatic heterocycles. The summed E-state index contributed by atoms with van der Waals surface area (Å²) in [6.45, 7) is 1.82. The van der Waals surface area contributed by atoms with Gasteiger partial charge in [-0.2, -0.15) is 5.10 Å². The number of nitrogens with zero attached hydrogens (tertiary/aromatic N) is 3. The predicted octanol–water partition coefficient (Wildman–Crippen LogP) is 3.86. The van der Waals surface area contributed by atoms with E-state index < -0.39 is 6.04 Å². The molecule has 0 spiro atoms. The summed E-state index contributed by atoms with van der Waals surface area (Å²) in [6, 6.07) is 11.2. The molecule has 1 aromatic carbocycles. The number of carbonyl (C=O) groups excluding carboxylic acids is 1. The zero-order valence-electron chi connectivity index (χ0n) is 17.4. The van der Waals surface area contributed by atoms with Crippen molar-refractivity contribution in [1.29, 1.82) is 0 Å². The molecule has 0 bridgehead atoms. The van der Waals surface area contributed by atoms with E-state index in [-0.39, 0.29) is 30.1 Å². The van der Waals surface area contributed by atoms with Crippen molar-refractivity contribution in [3.8, 4) is 17.0 Å². The van der Waals surface area contributed by atoms with Crippen molar-refractivity contribution < 1.29 is 18.4 Å². The Labute approximate surface area is 183 Å². The summed E-state index contributed by atoms with van der Waals surface area (Å²) in [5.41, 5.74) is 8.77. The van der Waals surface area contributed by atoms with E-state index in [1.165, 1.54) is 6.07 Å². The quantitative estimate of drug-likeness (QED) is 0.456. The first kappa shape index (κ1) is 20.2. The van der Waals surface area contributed by atoms with Crippen LogP contribution >= 0.6 is 0 Å². The molecule has 1 atom stereocenters. The number of fused-ring (bicyclic) bond motifs is 1. The van der Waals surface area contributed by atoms with Crippen LogP contribution in [0.2, 0.25) is 0 Å². The van der Waals surface area contributed by atoms with Crippen LogP contribution in [0.25, 0.3) is 16.6 Å². The van der Waals surface area contributed by atoms with Crippen molar-refractivity contribution in [2.75, 3.05) is 11.9 Å². The van der Waals surface area contributed by atoms with Gasteiger partial charge in [0.2, 0.25) is 5.91 Å². The average Bonchev–Trinajstić information content (AvgIpc) is 3.46. The Hall–Kier alpha value is -3.72. The van der Waals surface area contributed by atoms with Crippen LogP contribution < -0.4 is 15.8 Å². The summed E-state index contributed by atoms with van der Waals surface area (Å²) in [7, 11) is 0. The number of benzene rings is 1. The van der Waals surface area contributed by atoms with Gasteiger partial charge in [-0.3, -0.25) is 4.79 Å². The lowest BCUT2D eigenvalue weighted by molar-refractivity contribution is -0.117. The molecule has 164 valence electrons. The van der Waals surface area contributed by atoms with Gasteiger partial charge in [-0.05, 0) is 48.7 Å². The van der Waals surface area contributed by atoms with Gasteiger partial charge in [0.25, 0.3) is 5.88 Å². The minimum atomic E-state index is -0.656. The molecule has 3 N–H and O–H groups in total. The molecule has 1 aliphatic rings. The summed E-state index contributed by atoms with van der Waals surface area (Å²) < 4.78 is 26.8. The van der Waals surface area contributed by atoms with Crippen molar-refractivity contribution >= 4 is 17.2 Å². The molecule has 0 saturated heterocycles. The number of nitrogens with one attached hydrogen (secondary N) is 1. The first-order chi connectivity index (χ1) is 15.5. The Kier molecular flexibility index (Phi) is 5.10. The van der Waals surface area contributed by atoms with E-state index in [1.807, 2.05) is 12.1 Å². The van der Waals surface area contributed by atoms with E-state index in [0.29, 0.717) is 22.7 Å². The molecule has 32 heavy (non-hydrogen) atoms. The SMILES string of the molecule is Cc1onc(OCC(N)c2ccccc2F)c1-c1ccn2nc(NC(=O)C3CC3)cc2c1. The lowest BCUT2D eigenvalue weighted by atomic mass is 10.1. The van der Waals surface area contributed by atoms with Crippen molar-refractivity contribution in [3.05, 3.63) is 65.8 Å². The van der Waals surface area contributed by atoms with Gasteiger partial charge in [0.05, 0.1) is 17.1 Å². The zero-order valence-corrected chi connectivity index (χ0v) is 17.4. The third kappa shape index (κ3) is 3.94. The number of anilines is 1. The maximum Gasteiger partial charge on any atom is 0.262 e. The molecule has 1 amide bonds. The van der Waals surface area contributed by atoms with Crippen LogP contribution in [-0.2, 0) is 4.79 Å². The fraction of sp³-hybridized carbons (Fsp3) is 0.261. The van der Waals surface area contributed by atoms with Gasteiger partial charge in [0.1, 0.15) is 18.2 Å². The number of hydrogen-bond acceptors (Lipinski definition) is 6. The smallest absolute Gasteiger partial charge is 0.262 e. The molecule has 3 heterocycles. The number of amides is 1. The van der Waals surface area contributed by atoms with Crippen molar-refractivity contribution in [2.45, 2.75) is 25.8 Å². The summed E-state index contributed by atoms with van der Waals surface area (Å²) in [5, 5.41) is 11.3. The van der Waals surface area contributed by atoms with Crippen LogP contribution in [0.4, 0.5) is 10.2 Å². The first-order valence-corrected chi connectivity index (χ1v) is 10.4. The number of aryl methyl sites for hydroxylation is 1. The molecule has 3 aromatic heterocycles. The molecule has 1 unspecified atom stereocenters. The highest BCUT2D eigenvalue weighted by Crippen LogP contribution is 2.34. The van der Waals surface area contributed by atoms with E-state index in [9.17, 15) is 9.18 Å². The second-order valence-electron chi connectivity index (χ2n) is 7.94. The molecule has 1 saturated carbocycles. The Morgan fingerprint density at radius 2 is 2.16 bits per heavy atom. The maximum atomic E-state index is 14.0. The average molecular weight is 435 g/mol. The van der Waals surface area contributed by atoms with Gasteiger partial charge in [0, 0.05) is 23.7 Å². The molecule has 1 aliphatic carbocycles. The highest BCUT2D eigenvalue weighted by atomic mass is 19.1. The number of halogens is 1. The van der Waals surface area contributed by atoms with Crippen molar-refractivity contribution in [2.24, 2.45) is 11.7 Å². The highest BCUT2D eigenvalue weighted by molar-refractivity contribution is 5.93. The molecular weight excluding hydrogens is 413 g/mol. The van der Waals surface area contributed by atoms with Crippen molar-refractivity contribution in [1.82, 2.24) is 14.8 Å². The minimum Gasteiger partial charge on any atom is -0.473 e. The molecule has 8 nitrogen and oxygen atoms in total. The van der Waals surface area contributed by atoms with E-state index in [4.69, 9.17) is 15.0 Å². The highest BCUT2D eigenvalue weighted by Gasteiger charge is 2.30. The van der Waals surface area contributed by atoms with Crippen LogP contribution in [0, 0.1) is 18.7 Å². The minimum absolute atomic E-state index is 0.00499. The van der Waals surface area contributed by atoms with Crippen molar-refractivity contribution in [3.63, 3.8) is 0 Å². The first-order valence-electron chi connectivity index (χ1n) is 10.4. The van der Waals surface area contributed by atoms with Crippen LogP contribution in [0.3, 0.4) is 0 Å². The topological polar surface area (TPSA) is 108 Å². The Balaban J connectivity index is 1.37. The van der Waals surface area contributed by atoms with E-state index in [1.54, 1.807) is 41.9 Å². The third-order valence-electron chi connectivity index (χ3n) is 5.49. The van der Waals surface area contributed by atoms with Gasteiger partial charge < -0.3 is 20.3 Å². The Morgan fingerprint density at radius 1 is 1.34 bits per heavy atom. The van der Waals surface area contributed by atoms with Crippen LogP contribution in [-0.4, -0.2) is 27.3 Å². The standard InChI is InChI=1S/C23H22FN5O3/c1-13-21(23(28-32-13)31-12-19(25)17-4-2-3-5-18(17)24)15-8-9-29-16(10-15)11-20(27-29)26-22(30)14-6-7-14/h2-5,8-11,14,19H,6-7,12,25H2,1H3,(H,26,27,30). The van der Waals surface area contributed by atoms with Gasteiger partial charge >= 0.3 is 0 Å². The molecule has 9 heteroatoms. The van der Waals surface area contributed by atoms with Crippen LogP contribution in [0.15, 0.2) is 53.2 Å². The van der Waals surface area contributed by atoms with E-state index in [0.717, 1.165) is 23.9 Å². The molecular formula is C23H22FN5O3. The molecule has 5 rings (SSSR count). The number of rotatable bonds is 7. The second-order valence-corrected chi connectivity index (χ2v) is 7.94. The fourth-order valence-corrected chi connectivity index (χ4v) is 3.60. The van der Waals surface area contributed by atoms with Gasteiger partial charge in [-0.25, -0.2) is 8.91 Å². The predicted molar refractivity (Wildman–Crippen MR) is 116 cm³/mol. The monoisotopic (exact) mass is 435 g/mol. The summed E-state index contributed by atoms with van der Waals surface area (Å²) >= 11 is 0. The summed E-state index contributed by atoms with van der Waals surface area (Å²) in [4.78, 5) is 12.0. The summed E-state index contributed by atoms with van der Waals surface area (Å²) in [6.07, 6.45) is 3.65. The number of hydrogen-bond donors (Lipinski definition) is 2. The maximum absolute atomic E-state index is 14.0. The Morgan fingerprint density at radius 3 is 2.94 bits per heavy atom. The lowest BCUT2D eigenvalue weighted by Crippen LogP contribution is -2.20. The van der Waals surface area contributed by atoms with Gasteiger partial charge in [0.15, 0.2) is 5.82 Å².